The predicted molar refractivity (Wildman–Crippen MR) is 136 cm³/mol. The highest BCUT2D eigenvalue weighted by atomic mass is 19.4. The number of rotatable bonds is 4. The first-order chi connectivity index (χ1) is 17.8. The van der Waals surface area contributed by atoms with Crippen molar-refractivity contribution in [2.75, 3.05) is 13.1 Å². The minimum Gasteiger partial charge on any atom is -0.444 e. The molecule has 4 heterocycles. The average molecular weight is 528 g/mol. The average Bonchev–Trinajstić information content (AvgIpc) is 3.39. The summed E-state index contributed by atoms with van der Waals surface area (Å²) in [5.74, 6) is -0.263. The number of aromatic nitrogens is 3. The molecule has 0 radical (unpaired) electrons. The van der Waals surface area contributed by atoms with Crippen molar-refractivity contribution < 1.29 is 27.5 Å². The van der Waals surface area contributed by atoms with Crippen LogP contribution in [-0.4, -0.2) is 55.6 Å². The molecule has 200 valence electrons. The number of ether oxygens (including phenoxy) is 1. The van der Waals surface area contributed by atoms with Crippen LogP contribution < -0.4 is 5.32 Å². The van der Waals surface area contributed by atoms with Gasteiger partial charge in [0.15, 0.2) is 0 Å². The van der Waals surface area contributed by atoms with E-state index in [9.17, 15) is 22.8 Å². The summed E-state index contributed by atoms with van der Waals surface area (Å²) >= 11 is 0. The molecule has 3 aromatic heterocycles. The van der Waals surface area contributed by atoms with Gasteiger partial charge in [0.2, 0.25) is 0 Å². The summed E-state index contributed by atoms with van der Waals surface area (Å²) in [4.78, 5) is 31.3. The van der Waals surface area contributed by atoms with Crippen LogP contribution in [0.4, 0.5) is 18.0 Å². The molecule has 8 nitrogen and oxygen atoms in total. The zero-order valence-electron chi connectivity index (χ0n) is 21.5. The Bertz CT molecular complexity index is 1550. The Hall–Kier alpha value is -4.02. The Morgan fingerprint density at radius 3 is 2.53 bits per heavy atom. The second-order valence-electron chi connectivity index (χ2n) is 10.5. The molecule has 11 heteroatoms. The number of halogens is 3. The number of imidazole rings is 1. The Labute approximate surface area is 217 Å². The van der Waals surface area contributed by atoms with Crippen molar-refractivity contribution in [3.05, 3.63) is 60.2 Å². The third-order valence-corrected chi connectivity index (χ3v) is 6.66. The molecular weight excluding hydrogens is 499 g/mol. The van der Waals surface area contributed by atoms with E-state index in [1.54, 1.807) is 72.1 Å². The highest BCUT2D eigenvalue weighted by molar-refractivity contribution is 5.97. The quantitative estimate of drug-likeness (QED) is 0.393. The van der Waals surface area contributed by atoms with Gasteiger partial charge in [0.1, 0.15) is 11.3 Å². The van der Waals surface area contributed by atoms with E-state index >= 15 is 0 Å². The number of hydrogen-bond acceptors (Lipinski definition) is 4. The maximum Gasteiger partial charge on any atom is 0.417 e. The fourth-order valence-electron chi connectivity index (χ4n) is 4.76. The van der Waals surface area contributed by atoms with Crippen LogP contribution in [0.25, 0.3) is 27.7 Å². The molecule has 0 saturated carbocycles. The third-order valence-electron chi connectivity index (χ3n) is 6.66. The largest absolute Gasteiger partial charge is 0.444 e. The van der Waals surface area contributed by atoms with E-state index in [1.165, 1.54) is 12.4 Å². The van der Waals surface area contributed by atoms with Gasteiger partial charge in [0, 0.05) is 31.9 Å². The number of carbonyl (C=O) groups excluding carboxylic acids is 2. The Morgan fingerprint density at radius 2 is 1.87 bits per heavy atom. The van der Waals surface area contributed by atoms with Gasteiger partial charge < -0.3 is 23.9 Å². The summed E-state index contributed by atoms with van der Waals surface area (Å²) in [7, 11) is 1.65. The van der Waals surface area contributed by atoms with Gasteiger partial charge >= 0.3 is 12.3 Å². The van der Waals surface area contributed by atoms with E-state index in [0.717, 1.165) is 12.5 Å². The second-order valence-corrected chi connectivity index (χ2v) is 10.5. The van der Waals surface area contributed by atoms with Crippen LogP contribution in [0.2, 0.25) is 0 Å². The predicted octanol–water partition coefficient (Wildman–Crippen LogP) is 5.25. The number of benzene rings is 1. The van der Waals surface area contributed by atoms with E-state index < -0.39 is 23.4 Å². The molecule has 1 saturated heterocycles. The number of likely N-dealkylation sites (tertiary alicyclic amines) is 1. The van der Waals surface area contributed by atoms with Gasteiger partial charge in [-0.2, -0.15) is 13.2 Å². The molecule has 5 rings (SSSR count). The van der Waals surface area contributed by atoms with Crippen molar-refractivity contribution in [1.82, 2.24) is 24.2 Å². The smallest absolute Gasteiger partial charge is 0.417 e. The summed E-state index contributed by atoms with van der Waals surface area (Å²) in [6.07, 6.45) is -1.29. The van der Waals surface area contributed by atoms with Crippen LogP contribution in [0, 0.1) is 0 Å². The molecule has 2 amide bonds. The minimum absolute atomic E-state index is 0.00483. The monoisotopic (exact) mass is 527 g/mol. The van der Waals surface area contributed by atoms with Crippen molar-refractivity contribution in [2.45, 2.75) is 45.0 Å². The summed E-state index contributed by atoms with van der Waals surface area (Å²) in [5, 5.41) is 2.70. The fourth-order valence-corrected chi connectivity index (χ4v) is 4.76. The first-order valence-electron chi connectivity index (χ1n) is 12.2. The summed E-state index contributed by atoms with van der Waals surface area (Å²) < 4.78 is 50.8. The van der Waals surface area contributed by atoms with Gasteiger partial charge in [-0.05, 0) is 63.1 Å². The molecule has 1 aliphatic rings. The van der Waals surface area contributed by atoms with Gasteiger partial charge in [-0.1, -0.05) is 6.07 Å². The van der Waals surface area contributed by atoms with Crippen molar-refractivity contribution >= 4 is 28.6 Å². The molecule has 1 aromatic carbocycles. The number of alkyl halides is 3. The molecule has 0 aliphatic carbocycles. The summed E-state index contributed by atoms with van der Waals surface area (Å²) in [6.45, 7) is 6.06. The van der Waals surface area contributed by atoms with Crippen LogP contribution in [-0.2, 0) is 18.0 Å². The van der Waals surface area contributed by atoms with Gasteiger partial charge in [-0.15, -0.1) is 0 Å². The number of nitrogens with zero attached hydrogens (tertiary/aromatic N) is 4. The van der Waals surface area contributed by atoms with E-state index in [1.807, 2.05) is 0 Å². The normalized spacial score (nSPS) is 16.1. The van der Waals surface area contributed by atoms with Crippen LogP contribution in [0.15, 0.2) is 48.9 Å². The molecule has 1 aliphatic heterocycles. The summed E-state index contributed by atoms with van der Waals surface area (Å²) in [6, 6.07) is 8.85. The number of pyridine rings is 1. The third kappa shape index (κ3) is 4.68. The van der Waals surface area contributed by atoms with E-state index in [0.29, 0.717) is 34.4 Å². The highest BCUT2D eigenvalue weighted by Crippen LogP contribution is 2.41. The topological polar surface area (TPSA) is 80.9 Å². The van der Waals surface area contributed by atoms with Crippen LogP contribution >= 0.6 is 0 Å². The van der Waals surface area contributed by atoms with Crippen LogP contribution in [0.3, 0.4) is 0 Å². The Balaban J connectivity index is 1.45. The minimum atomic E-state index is -4.59. The van der Waals surface area contributed by atoms with Crippen LogP contribution in [0.1, 0.15) is 43.2 Å². The lowest BCUT2D eigenvalue weighted by atomic mass is 9.98. The lowest BCUT2D eigenvalue weighted by Gasteiger charge is -2.41. The molecule has 4 aromatic rings. The van der Waals surface area contributed by atoms with Gasteiger partial charge in [-0.3, -0.25) is 4.79 Å². The van der Waals surface area contributed by atoms with Gasteiger partial charge in [0.05, 0.1) is 34.5 Å². The number of hydrogen-bond donors (Lipinski definition) is 1. The van der Waals surface area contributed by atoms with Crippen molar-refractivity contribution in [3.8, 4) is 11.1 Å². The van der Waals surface area contributed by atoms with E-state index in [4.69, 9.17) is 4.74 Å². The zero-order chi connectivity index (χ0) is 27.4. The molecular formula is C27H28F3N5O3. The lowest BCUT2D eigenvalue weighted by Crippen LogP contribution is -2.56. The van der Waals surface area contributed by atoms with Crippen molar-refractivity contribution in [3.63, 3.8) is 0 Å². The first-order valence-corrected chi connectivity index (χ1v) is 12.2. The standard InChI is InChI=1S/C27H28F3N5O3/c1-26(2,3)38-25(37)31-14-16-9-11-34(16)24(36)22-8-7-21-17(6-5-10-35(21)22)18-12-20-23(33(4)15-32-20)13-19(18)27(28,29)30/h5-8,10,12-13,15-16H,9,11,14H2,1-4H3,(H,31,37). The number of amides is 2. The van der Waals surface area contributed by atoms with Crippen molar-refractivity contribution in [2.24, 2.45) is 7.05 Å². The number of carbonyl (C=O) groups is 2. The van der Waals surface area contributed by atoms with Crippen molar-refractivity contribution in [1.29, 1.82) is 0 Å². The molecule has 38 heavy (non-hydrogen) atoms. The molecule has 1 unspecified atom stereocenters. The molecule has 0 spiro atoms. The number of fused-ring (bicyclic) bond motifs is 2. The number of alkyl carbamates (subject to hydrolysis) is 1. The van der Waals surface area contributed by atoms with Gasteiger partial charge in [-0.25, -0.2) is 9.78 Å². The SMILES string of the molecule is Cn1cnc2cc(-c3cccn4c(C(=O)N5CCC5CNC(=O)OC(C)(C)C)ccc34)c(C(F)(F)F)cc21. The molecule has 1 N–H and O–H groups in total. The maximum absolute atomic E-state index is 14.1. The summed E-state index contributed by atoms with van der Waals surface area (Å²) in [5.41, 5.74) is 0.565. The zero-order valence-corrected chi connectivity index (χ0v) is 21.5. The fraction of sp³-hybridized carbons (Fsp3) is 0.370. The van der Waals surface area contributed by atoms with E-state index in [-0.39, 0.29) is 24.1 Å². The first kappa shape index (κ1) is 25.6. The molecule has 1 atom stereocenters. The Kier molecular flexibility index (Phi) is 6.12. The van der Waals surface area contributed by atoms with E-state index in [2.05, 4.69) is 10.3 Å². The maximum atomic E-state index is 14.1. The lowest BCUT2D eigenvalue weighted by molar-refractivity contribution is -0.137. The Morgan fingerprint density at radius 1 is 1.11 bits per heavy atom. The molecule has 0 bridgehead atoms. The highest BCUT2D eigenvalue weighted by Gasteiger charge is 2.36. The second kappa shape index (κ2) is 9.07. The van der Waals surface area contributed by atoms with Crippen LogP contribution in [0.5, 0.6) is 0 Å². The number of aryl methyl sites for hydroxylation is 1. The molecule has 1 fully saturated rings. The van der Waals surface area contributed by atoms with Gasteiger partial charge in [0.25, 0.3) is 5.91 Å². The number of nitrogens with one attached hydrogen (secondary N) is 1.